The van der Waals surface area contributed by atoms with Crippen molar-refractivity contribution in [3.8, 4) is 11.4 Å². The van der Waals surface area contributed by atoms with Gasteiger partial charge in [0, 0.05) is 43.3 Å². The van der Waals surface area contributed by atoms with Crippen LogP contribution in [0.25, 0.3) is 11.4 Å². The van der Waals surface area contributed by atoms with Crippen LogP contribution in [0.3, 0.4) is 0 Å². The van der Waals surface area contributed by atoms with Crippen molar-refractivity contribution in [2.24, 2.45) is 0 Å². The summed E-state index contributed by atoms with van der Waals surface area (Å²) >= 11 is 7.63. The molecule has 4 rings (SSSR count). The van der Waals surface area contributed by atoms with Crippen LogP contribution in [0.2, 0.25) is 5.02 Å². The van der Waals surface area contributed by atoms with E-state index in [0.29, 0.717) is 5.02 Å². The zero-order valence-corrected chi connectivity index (χ0v) is 20.8. The van der Waals surface area contributed by atoms with E-state index in [1.54, 1.807) is 0 Å². The maximum absolute atomic E-state index is 12.9. The number of hydrogen-bond donors (Lipinski definition) is 1. The van der Waals surface area contributed by atoms with Crippen molar-refractivity contribution in [1.29, 1.82) is 0 Å². The number of anilines is 2. The van der Waals surface area contributed by atoms with Crippen molar-refractivity contribution in [3.05, 3.63) is 53.1 Å². The molecule has 0 bridgehead atoms. The molecule has 2 heterocycles. The fourth-order valence-electron chi connectivity index (χ4n) is 3.95. The lowest BCUT2D eigenvalue weighted by molar-refractivity contribution is -0.113. The number of aromatic nitrogens is 3. The Kier molecular flexibility index (Phi) is 7.57. The third-order valence-corrected chi connectivity index (χ3v) is 7.03. The summed E-state index contributed by atoms with van der Waals surface area (Å²) in [4.78, 5) is 17.5. The van der Waals surface area contributed by atoms with Crippen molar-refractivity contribution in [2.75, 3.05) is 49.2 Å². The molecule has 0 unspecified atom stereocenters. The van der Waals surface area contributed by atoms with Gasteiger partial charge in [0.1, 0.15) is 0 Å². The minimum absolute atomic E-state index is 0.0965. The molecule has 1 N–H and O–H groups in total. The first-order valence-corrected chi connectivity index (χ1v) is 12.5. The molecule has 0 radical (unpaired) electrons. The molecule has 0 atom stereocenters. The first kappa shape index (κ1) is 23.6. The number of halogens is 1. The molecule has 1 aromatic heterocycles. The normalized spacial score (nSPS) is 14.5. The Bertz CT molecular complexity index is 1130. The summed E-state index contributed by atoms with van der Waals surface area (Å²) in [5, 5.41) is 13.2. The van der Waals surface area contributed by atoms with Gasteiger partial charge in [-0.05, 0) is 44.7 Å². The molecule has 174 valence electrons. The van der Waals surface area contributed by atoms with Crippen molar-refractivity contribution in [2.45, 2.75) is 25.5 Å². The number of carbonyl (C=O) groups is 1. The number of likely N-dealkylation sites (N-methyl/N-ethyl adjacent to an activating group) is 1. The van der Waals surface area contributed by atoms with Gasteiger partial charge in [-0.1, -0.05) is 47.6 Å². The third kappa shape index (κ3) is 5.51. The van der Waals surface area contributed by atoms with Crippen LogP contribution in [-0.2, 0) is 11.3 Å². The number of rotatable bonds is 7. The summed E-state index contributed by atoms with van der Waals surface area (Å²) in [6.07, 6.45) is 0. The van der Waals surface area contributed by atoms with Gasteiger partial charge in [0.15, 0.2) is 11.0 Å². The maximum Gasteiger partial charge on any atom is 0.234 e. The van der Waals surface area contributed by atoms with Crippen LogP contribution in [0.1, 0.15) is 12.5 Å². The summed E-state index contributed by atoms with van der Waals surface area (Å²) in [6.45, 7) is 8.65. The number of amides is 1. The SMILES string of the molecule is CCn1c(SCC(=O)Nc2cc(Cl)ccc2N2CCN(C)CC2)nnc1-c1ccccc1C. The molecule has 0 aliphatic carbocycles. The second-order valence-corrected chi connectivity index (χ2v) is 9.53. The molecule has 3 aromatic rings. The highest BCUT2D eigenvalue weighted by Gasteiger charge is 2.20. The molecule has 9 heteroatoms. The molecule has 1 fully saturated rings. The van der Waals surface area contributed by atoms with Crippen molar-refractivity contribution in [3.63, 3.8) is 0 Å². The molecule has 0 saturated carbocycles. The molecule has 0 spiro atoms. The number of hydrogen-bond acceptors (Lipinski definition) is 6. The van der Waals surface area contributed by atoms with E-state index in [-0.39, 0.29) is 11.7 Å². The summed E-state index contributed by atoms with van der Waals surface area (Å²) in [5.41, 5.74) is 3.95. The van der Waals surface area contributed by atoms with Crippen LogP contribution >= 0.6 is 23.4 Å². The van der Waals surface area contributed by atoms with Crippen molar-refractivity contribution < 1.29 is 4.79 Å². The van der Waals surface area contributed by atoms with Gasteiger partial charge < -0.3 is 19.7 Å². The molecular weight excluding hydrogens is 456 g/mol. The zero-order valence-electron chi connectivity index (χ0n) is 19.2. The predicted molar refractivity (Wildman–Crippen MR) is 136 cm³/mol. The first-order chi connectivity index (χ1) is 16.0. The highest BCUT2D eigenvalue weighted by molar-refractivity contribution is 7.99. The lowest BCUT2D eigenvalue weighted by atomic mass is 10.1. The molecular formula is C24H29ClN6OS. The monoisotopic (exact) mass is 484 g/mol. The summed E-state index contributed by atoms with van der Waals surface area (Å²) in [5.74, 6) is 0.965. The van der Waals surface area contributed by atoms with Crippen LogP contribution in [0.15, 0.2) is 47.6 Å². The van der Waals surface area contributed by atoms with E-state index in [1.165, 1.54) is 11.8 Å². The van der Waals surface area contributed by atoms with Crippen LogP contribution in [0, 0.1) is 6.92 Å². The van der Waals surface area contributed by atoms with E-state index in [2.05, 4.69) is 56.8 Å². The van der Waals surface area contributed by atoms with E-state index < -0.39 is 0 Å². The standard InChI is InChI=1S/C24H29ClN6OS/c1-4-31-23(19-8-6-5-7-17(19)2)27-28-24(31)33-16-22(32)26-20-15-18(25)9-10-21(20)30-13-11-29(3)12-14-30/h5-10,15H,4,11-14,16H2,1-3H3,(H,26,32). The fourth-order valence-corrected chi connectivity index (χ4v) is 4.93. The van der Waals surface area contributed by atoms with E-state index >= 15 is 0 Å². The minimum Gasteiger partial charge on any atom is -0.367 e. The highest BCUT2D eigenvalue weighted by atomic mass is 35.5. The smallest absolute Gasteiger partial charge is 0.234 e. The average Bonchev–Trinajstić information content (AvgIpc) is 3.21. The second-order valence-electron chi connectivity index (χ2n) is 8.15. The Balaban J connectivity index is 1.46. The molecule has 1 saturated heterocycles. The predicted octanol–water partition coefficient (Wildman–Crippen LogP) is 4.41. The quantitative estimate of drug-likeness (QED) is 0.501. The topological polar surface area (TPSA) is 66.3 Å². The molecule has 33 heavy (non-hydrogen) atoms. The number of thioether (sulfide) groups is 1. The van der Waals surface area contributed by atoms with Crippen LogP contribution in [0.5, 0.6) is 0 Å². The van der Waals surface area contributed by atoms with Gasteiger partial charge >= 0.3 is 0 Å². The number of aryl methyl sites for hydroxylation is 1. The van der Waals surface area contributed by atoms with Gasteiger partial charge in [0.05, 0.1) is 17.1 Å². The zero-order chi connectivity index (χ0) is 23.4. The molecule has 2 aromatic carbocycles. The fraction of sp³-hybridized carbons (Fsp3) is 0.375. The van der Waals surface area contributed by atoms with Gasteiger partial charge in [-0.25, -0.2) is 0 Å². The van der Waals surface area contributed by atoms with Gasteiger partial charge in [-0.2, -0.15) is 0 Å². The summed E-state index contributed by atoms with van der Waals surface area (Å²) in [7, 11) is 2.12. The molecule has 1 aliphatic rings. The van der Waals surface area contributed by atoms with Gasteiger partial charge in [-0.15, -0.1) is 10.2 Å². The van der Waals surface area contributed by atoms with E-state index in [4.69, 9.17) is 11.6 Å². The lowest BCUT2D eigenvalue weighted by Gasteiger charge is -2.35. The van der Waals surface area contributed by atoms with Gasteiger partial charge in [-0.3, -0.25) is 4.79 Å². The van der Waals surface area contributed by atoms with Crippen molar-refractivity contribution in [1.82, 2.24) is 19.7 Å². The highest BCUT2D eigenvalue weighted by Crippen LogP contribution is 2.31. The number of nitrogens with one attached hydrogen (secondary N) is 1. The summed E-state index contributed by atoms with van der Waals surface area (Å²) in [6, 6.07) is 13.8. The third-order valence-electron chi connectivity index (χ3n) is 5.83. The number of nitrogens with zero attached hydrogens (tertiary/aromatic N) is 5. The minimum atomic E-state index is -0.0965. The van der Waals surface area contributed by atoms with Crippen molar-refractivity contribution >= 4 is 40.6 Å². The first-order valence-electron chi connectivity index (χ1n) is 11.1. The Hall–Kier alpha value is -2.55. The number of carbonyl (C=O) groups excluding carboxylic acids is 1. The largest absolute Gasteiger partial charge is 0.367 e. The Morgan fingerprint density at radius 1 is 1.12 bits per heavy atom. The Morgan fingerprint density at radius 2 is 1.88 bits per heavy atom. The van der Waals surface area contributed by atoms with E-state index in [1.807, 2.05) is 36.4 Å². The second kappa shape index (κ2) is 10.6. The Labute approximate surface area is 204 Å². The van der Waals surface area contributed by atoms with Crippen LogP contribution in [-0.4, -0.2) is 64.6 Å². The van der Waals surface area contributed by atoms with Gasteiger partial charge in [0.2, 0.25) is 5.91 Å². The van der Waals surface area contributed by atoms with Crippen LogP contribution < -0.4 is 10.2 Å². The maximum atomic E-state index is 12.9. The van der Waals surface area contributed by atoms with Gasteiger partial charge in [0.25, 0.3) is 0 Å². The lowest BCUT2D eigenvalue weighted by Crippen LogP contribution is -2.44. The number of benzene rings is 2. The Morgan fingerprint density at radius 3 is 2.61 bits per heavy atom. The number of piperazine rings is 1. The molecule has 1 aliphatic heterocycles. The molecule has 7 nitrogen and oxygen atoms in total. The van der Waals surface area contributed by atoms with E-state index in [0.717, 1.165) is 66.2 Å². The van der Waals surface area contributed by atoms with E-state index in [9.17, 15) is 4.79 Å². The molecule has 1 amide bonds. The summed E-state index contributed by atoms with van der Waals surface area (Å²) < 4.78 is 2.05. The van der Waals surface area contributed by atoms with Crippen LogP contribution in [0.4, 0.5) is 11.4 Å². The average molecular weight is 485 g/mol.